The van der Waals surface area contributed by atoms with E-state index < -0.39 is 11.6 Å². The second-order valence-corrected chi connectivity index (χ2v) is 5.68. The molecule has 23 heavy (non-hydrogen) atoms. The Morgan fingerprint density at radius 1 is 1.04 bits per heavy atom. The zero-order chi connectivity index (χ0) is 16.4. The Morgan fingerprint density at radius 3 is 2.61 bits per heavy atom. The third-order valence-electron chi connectivity index (χ3n) is 3.18. The lowest BCUT2D eigenvalue weighted by Gasteiger charge is -2.06. The van der Waals surface area contributed by atoms with Crippen molar-refractivity contribution >= 4 is 40.1 Å². The van der Waals surface area contributed by atoms with Gasteiger partial charge in [-0.25, -0.2) is 4.79 Å². The first-order valence-corrected chi connectivity index (χ1v) is 7.45. The maximum Gasteiger partial charge on any atom is 0.336 e. The molecule has 0 aliphatic rings. The van der Waals surface area contributed by atoms with Crippen molar-refractivity contribution in [3.63, 3.8) is 0 Å². The monoisotopic (exact) mass is 348 g/mol. The van der Waals surface area contributed by atoms with Gasteiger partial charge in [0.05, 0.1) is 6.42 Å². The van der Waals surface area contributed by atoms with E-state index in [9.17, 15) is 9.59 Å². The smallest absolute Gasteiger partial charge is 0.336 e. The molecule has 0 fully saturated rings. The first-order chi connectivity index (χ1) is 11.0. The SMILES string of the molecule is O=C(Cc1ccc(Cl)cc1Cl)Oc1ccc2ccc(=O)oc2c1. The molecule has 0 saturated carbocycles. The van der Waals surface area contributed by atoms with Crippen LogP contribution in [0.15, 0.2) is 57.7 Å². The maximum absolute atomic E-state index is 12.0. The summed E-state index contributed by atoms with van der Waals surface area (Å²) in [5, 5.41) is 1.64. The molecule has 2 aromatic carbocycles. The molecule has 3 rings (SSSR count). The summed E-state index contributed by atoms with van der Waals surface area (Å²) >= 11 is 11.8. The van der Waals surface area contributed by atoms with Crippen molar-refractivity contribution in [2.24, 2.45) is 0 Å². The number of hydrogen-bond acceptors (Lipinski definition) is 4. The predicted octanol–water partition coefficient (Wildman–Crippen LogP) is 4.25. The third-order valence-corrected chi connectivity index (χ3v) is 3.76. The lowest BCUT2D eigenvalue weighted by Crippen LogP contribution is -2.11. The number of hydrogen-bond donors (Lipinski definition) is 0. The Morgan fingerprint density at radius 2 is 1.83 bits per heavy atom. The van der Waals surface area contributed by atoms with E-state index >= 15 is 0 Å². The molecule has 0 amide bonds. The predicted molar refractivity (Wildman–Crippen MR) is 88.3 cm³/mol. The summed E-state index contributed by atoms with van der Waals surface area (Å²) in [6, 6.07) is 12.7. The number of fused-ring (bicyclic) bond motifs is 1. The van der Waals surface area contributed by atoms with Crippen LogP contribution in [0.1, 0.15) is 5.56 Å². The summed E-state index contributed by atoms with van der Waals surface area (Å²) in [7, 11) is 0. The van der Waals surface area contributed by atoms with Crippen molar-refractivity contribution in [3.8, 4) is 5.75 Å². The van der Waals surface area contributed by atoms with Crippen LogP contribution in [0.4, 0.5) is 0 Å². The topological polar surface area (TPSA) is 56.5 Å². The largest absolute Gasteiger partial charge is 0.426 e. The summed E-state index contributed by atoms with van der Waals surface area (Å²) in [5.74, 6) is -0.186. The molecule has 1 aromatic heterocycles. The van der Waals surface area contributed by atoms with E-state index in [-0.39, 0.29) is 6.42 Å². The Labute approximate surface area is 141 Å². The first-order valence-electron chi connectivity index (χ1n) is 6.70. The number of ether oxygens (including phenoxy) is 1. The van der Waals surface area contributed by atoms with Crippen LogP contribution in [0.3, 0.4) is 0 Å². The van der Waals surface area contributed by atoms with E-state index in [1.54, 1.807) is 36.4 Å². The second-order valence-electron chi connectivity index (χ2n) is 4.84. The van der Waals surface area contributed by atoms with Crippen LogP contribution in [0.25, 0.3) is 11.0 Å². The minimum absolute atomic E-state index is 0.00672. The molecule has 0 bridgehead atoms. The van der Waals surface area contributed by atoms with Gasteiger partial charge in [0.2, 0.25) is 0 Å². The minimum atomic E-state index is -0.480. The van der Waals surface area contributed by atoms with E-state index in [4.69, 9.17) is 32.4 Å². The van der Waals surface area contributed by atoms with Gasteiger partial charge in [0.25, 0.3) is 0 Å². The summed E-state index contributed by atoms with van der Waals surface area (Å²) < 4.78 is 10.3. The van der Waals surface area contributed by atoms with Gasteiger partial charge in [-0.05, 0) is 35.9 Å². The minimum Gasteiger partial charge on any atom is -0.426 e. The molecule has 0 N–H and O–H groups in total. The molecule has 0 aliphatic carbocycles. The highest BCUT2D eigenvalue weighted by atomic mass is 35.5. The molecule has 0 saturated heterocycles. The van der Waals surface area contributed by atoms with Crippen molar-refractivity contribution < 1.29 is 13.9 Å². The van der Waals surface area contributed by atoms with E-state index in [0.717, 1.165) is 5.39 Å². The normalized spacial score (nSPS) is 10.7. The molecule has 0 radical (unpaired) electrons. The van der Waals surface area contributed by atoms with Crippen molar-refractivity contribution in [3.05, 3.63) is 74.6 Å². The van der Waals surface area contributed by atoms with Crippen LogP contribution in [0.5, 0.6) is 5.75 Å². The summed E-state index contributed by atoms with van der Waals surface area (Å²) in [6.07, 6.45) is 0.00672. The van der Waals surface area contributed by atoms with Gasteiger partial charge < -0.3 is 9.15 Å². The van der Waals surface area contributed by atoms with Gasteiger partial charge in [0.15, 0.2) is 0 Å². The first kappa shape index (κ1) is 15.6. The number of carbonyl (C=O) groups is 1. The summed E-state index contributed by atoms with van der Waals surface area (Å²) in [6.45, 7) is 0. The fraction of sp³-hybridized carbons (Fsp3) is 0.0588. The summed E-state index contributed by atoms with van der Waals surface area (Å²) in [4.78, 5) is 23.2. The molecule has 6 heteroatoms. The number of halogens is 2. The van der Waals surface area contributed by atoms with E-state index in [0.29, 0.717) is 26.9 Å². The molecule has 4 nitrogen and oxygen atoms in total. The quantitative estimate of drug-likeness (QED) is 0.403. The molecule has 0 spiro atoms. The van der Waals surface area contributed by atoms with Crippen LogP contribution in [0, 0.1) is 0 Å². The van der Waals surface area contributed by atoms with Crippen LogP contribution < -0.4 is 10.4 Å². The highest BCUT2D eigenvalue weighted by Crippen LogP contribution is 2.23. The van der Waals surface area contributed by atoms with Gasteiger partial charge in [0, 0.05) is 27.6 Å². The number of benzene rings is 2. The Hall–Kier alpha value is -2.30. The van der Waals surface area contributed by atoms with Crippen molar-refractivity contribution in [1.29, 1.82) is 0 Å². The Bertz CT molecular complexity index is 947. The molecule has 1 heterocycles. The average molecular weight is 349 g/mol. The van der Waals surface area contributed by atoms with E-state index in [1.165, 1.54) is 12.1 Å². The lowest BCUT2D eigenvalue weighted by atomic mass is 10.1. The zero-order valence-corrected chi connectivity index (χ0v) is 13.2. The molecular weight excluding hydrogens is 339 g/mol. The Kier molecular flexibility index (Phi) is 4.37. The molecular formula is C17H10Cl2O4. The molecule has 0 unspecified atom stereocenters. The van der Waals surface area contributed by atoms with Crippen LogP contribution in [-0.2, 0) is 11.2 Å². The van der Waals surface area contributed by atoms with Crippen LogP contribution in [0.2, 0.25) is 10.0 Å². The van der Waals surface area contributed by atoms with Gasteiger partial charge >= 0.3 is 11.6 Å². The lowest BCUT2D eigenvalue weighted by molar-refractivity contribution is -0.133. The standard InChI is InChI=1S/C17H10Cl2O4/c18-12-4-1-11(14(19)8-12)7-17(21)22-13-5-2-10-3-6-16(20)23-15(10)9-13/h1-6,8-9H,7H2. The zero-order valence-electron chi connectivity index (χ0n) is 11.7. The van der Waals surface area contributed by atoms with Crippen LogP contribution in [-0.4, -0.2) is 5.97 Å². The number of carbonyl (C=O) groups excluding carboxylic acids is 1. The van der Waals surface area contributed by atoms with Crippen molar-refractivity contribution in [1.82, 2.24) is 0 Å². The van der Waals surface area contributed by atoms with E-state index in [1.807, 2.05) is 0 Å². The maximum atomic E-state index is 12.0. The third kappa shape index (κ3) is 3.73. The van der Waals surface area contributed by atoms with E-state index in [2.05, 4.69) is 0 Å². The Balaban J connectivity index is 1.78. The van der Waals surface area contributed by atoms with Crippen LogP contribution >= 0.6 is 23.2 Å². The second kappa shape index (κ2) is 6.44. The highest BCUT2D eigenvalue weighted by Gasteiger charge is 2.11. The van der Waals surface area contributed by atoms with Gasteiger partial charge in [-0.1, -0.05) is 29.3 Å². The van der Waals surface area contributed by atoms with Gasteiger partial charge in [-0.3, -0.25) is 4.79 Å². The van der Waals surface area contributed by atoms with Gasteiger partial charge in [-0.15, -0.1) is 0 Å². The van der Waals surface area contributed by atoms with Crippen molar-refractivity contribution in [2.75, 3.05) is 0 Å². The molecule has 0 atom stereocenters. The fourth-order valence-corrected chi connectivity index (χ4v) is 2.57. The number of esters is 1. The molecule has 3 aromatic rings. The molecule has 0 aliphatic heterocycles. The van der Waals surface area contributed by atoms with Gasteiger partial charge in [-0.2, -0.15) is 0 Å². The fourth-order valence-electron chi connectivity index (χ4n) is 2.09. The highest BCUT2D eigenvalue weighted by molar-refractivity contribution is 6.35. The summed E-state index contributed by atoms with van der Waals surface area (Å²) in [5.41, 5.74) is 0.509. The van der Waals surface area contributed by atoms with Crippen molar-refractivity contribution in [2.45, 2.75) is 6.42 Å². The van der Waals surface area contributed by atoms with Gasteiger partial charge in [0.1, 0.15) is 11.3 Å². The number of rotatable bonds is 3. The molecule has 116 valence electrons. The average Bonchev–Trinajstić information content (AvgIpc) is 2.49.